The number of hydrogen-bond donors (Lipinski definition) is 2. The second kappa shape index (κ2) is 11.0. The Hall–Kier alpha value is -3.56. The number of carbonyl (C=O) groups excluding carboxylic acids is 1. The summed E-state index contributed by atoms with van der Waals surface area (Å²) in [5, 5.41) is 3.41. The van der Waals surface area contributed by atoms with Crippen LogP contribution in [-0.4, -0.2) is 73.2 Å². The lowest BCUT2D eigenvalue weighted by Gasteiger charge is -2.33. The third-order valence-corrected chi connectivity index (χ3v) is 7.07. The fourth-order valence-corrected chi connectivity index (χ4v) is 4.94. The molecule has 2 saturated heterocycles. The van der Waals surface area contributed by atoms with E-state index in [2.05, 4.69) is 49.2 Å². The highest BCUT2D eigenvalue weighted by molar-refractivity contribution is 6.00. The van der Waals surface area contributed by atoms with Gasteiger partial charge in [0.25, 0.3) is 0 Å². The molecule has 0 saturated carbocycles. The Kier molecular flexibility index (Phi) is 7.39. The van der Waals surface area contributed by atoms with E-state index in [9.17, 15) is 4.79 Å². The Morgan fingerprint density at radius 2 is 1.89 bits per heavy atom. The average Bonchev–Trinajstić information content (AvgIpc) is 2.94. The first-order chi connectivity index (χ1) is 17.6. The number of nitrogen functional groups attached to an aromatic ring is 1. The molecular weight excluding hydrogens is 454 g/mol. The molecule has 2 aliphatic rings. The number of Topliss-reactive ketones (excluding diaryl/α,β-unsaturated/α-hetero) is 1. The number of morpholine rings is 1. The van der Waals surface area contributed by atoms with E-state index >= 15 is 0 Å². The normalized spacial score (nSPS) is 16.6. The van der Waals surface area contributed by atoms with E-state index < -0.39 is 0 Å². The fourth-order valence-electron chi connectivity index (χ4n) is 4.94. The van der Waals surface area contributed by atoms with Crippen LogP contribution in [0.2, 0.25) is 0 Å². The van der Waals surface area contributed by atoms with Gasteiger partial charge in [-0.25, -0.2) is 9.97 Å². The van der Waals surface area contributed by atoms with E-state index in [0.717, 1.165) is 61.5 Å². The monoisotopic (exact) mass is 487 g/mol. The molecule has 1 aromatic carbocycles. The molecule has 3 aromatic rings. The Morgan fingerprint density at radius 1 is 1.14 bits per heavy atom. The number of pyridine rings is 1. The van der Waals surface area contributed by atoms with Gasteiger partial charge in [-0.15, -0.1) is 0 Å². The topological polar surface area (TPSA) is 110 Å². The molecule has 9 heteroatoms. The van der Waals surface area contributed by atoms with Crippen molar-refractivity contribution in [3.8, 4) is 11.3 Å². The zero-order chi connectivity index (χ0) is 24.9. The van der Waals surface area contributed by atoms with Crippen molar-refractivity contribution < 1.29 is 9.53 Å². The molecule has 0 aliphatic carbocycles. The largest absolute Gasteiger partial charge is 0.382 e. The molecule has 0 bridgehead atoms. The molecule has 0 unspecified atom stereocenters. The van der Waals surface area contributed by atoms with Crippen LogP contribution in [0.1, 0.15) is 28.9 Å². The van der Waals surface area contributed by atoms with Crippen LogP contribution in [0.25, 0.3) is 11.3 Å². The SMILES string of the molecule is CN(c1ccc(-c2cnc(N)c(C(=O)Cc3cnccc3N3CCOCC3)n2)cc1)C1CCNCC1. The van der Waals surface area contributed by atoms with Gasteiger partial charge in [-0.3, -0.25) is 9.78 Å². The number of carbonyl (C=O) groups is 1. The molecule has 0 amide bonds. The molecule has 2 aliphatic heterocycles. The molecule has 3 N–H and O–H groups in total. The Bertz CT molecular complexity index is 1190. The van der Waals surface area contributed by atoms with Crippen molar-refractivity contribution in [2.45, 2.75) is 25.3 Å². The van der Waals surface area contributed by atoms with E-state index in [-0.39, 0.29) is 23.7 Å². The molecule has 4 heterocycles. The highest BCUT2D eigenvalue weighted by Crippen LogP contribution is 2.26. The van der Waals surface area contributed by atoms with Gasteiger partial charge < -0.3 is 25.6 Å². The van der Waals surface area contributed by atoms with Gasteiger partial charge in [0.05, 0.1) is 25.1 Å². The first kappa shape index (κ1) is 24.1. The van der Waals surface area contributed by atoms with Gasteiger partial charge in [0.15, 0.2) is 11.6 Å². The average molecular weight is 488 g/mol. The van der Waals surface area contributed by atoms with E-state index in [4.69, 9.17) is 10.5 Å². The van der Waals surface area contributed by atoms with Crippen LogP contribution < -0.4 is 20.9 Å². The molecule has 2 fully saturated rings. The third kappa shape index (κ3) is 5.32. The molecule has 5 rings (SSSR count). The lowest BCUT2D eigenvalue weighted by Crippen LogP contribution is -2.41. The lowest BCUT2D eigenvalue weighted by atomic mass is 10.0. The minimum absolute atomic E-state index is 0.142. The smallest absolute Gasteiger partial charge is 0.189 e. The second-order valence-electron chi connectivity index (χ2n) is 9.33. The molecule has 0 spiro atoms. The molecule has 0 atom stereocenters. The number of nitrogens with zero attached hydrogens (tertiary/aromatic N) is 5. The number of nitrogens with two attached hydrogens (primary N) is 1. The standard InChI is InChI=1S/C27H33N7O2/c1-33(22-6-9-29-10-7-22)21-4-2-19(3-5-21)23-18-31-27(28)26(32-23)25(35)16-20-17-30-11-8-24(20)34-12-14-36-15-13-34/h2-5,8,11,17-18,22,29H,6-7,9-10,12-16H2,1H3,(H2,28,31). The Morgan fingerprint density at radius 3 is 2.64 bits per heavy atom. The summed E-state index contributed by atoms with van der Waals surface area (Å²) in [5.74, 6) is -0.0329. The van der Waals surface area contributed by atoms with E-state index in [1.165, 1.54) is 0 Å². The molecular formula is C27H33N7O2. The van der Waals surface area contributed by atoms with Crippen molar-refractivity contribution in [2.75, 3.05) is 62.0 Å². The van der Waals surface area contributed by atoms with Gasteiger partial charge >= 0.3 is 0 Å². The van der Waals surface area contributed by atoms with Crippen LogP contribution in [0.4, 0.5) is 17.2 Å². The maximum Gasteiger partial charge on any atom is 0.189 e. The number of ketones is 1. The van der Waals surface area contributed by atoms with Crippen LogP contribution >= 0.6 is 0 Å². The Labute approximate surface area is 211 Å². The maximum absolute atomic E-state index is 13.3. The summed E-state index contributed by atoms with van der Waals surface area (Å²) in [6.45, 7) is 5.01. The number of anilines is 3. The highest BCUT2D eigenvalue weighted by atomic mass is 16.5. The lowest BCUT2D eigenvalue weighted by molar-refractivity contribution is 0.0988. The number of aromatic nitrogens is 3. The molecule has 36 heavy (non-hydrogen) atoms. The fraction of sp³-hybridized carbons (Fsp3) is 0.407. The molecule has 188 valence electrons. The number of benzene rings is 1. The summed E-state index contributed by atoms with van der Waals surface area (Å²) in [4.78, 5) is 31.0. The summed E-state index contributed by atoms with van der Waals surface area (Å²) < 4.78 is 5.47. The highest BCUT2D eigenvalue weighted by Gasteiger charge is 2.21. The van der Waals surface area contributed by atoms with Crippen molar-refractivity contribution >= 4 is 23.0 Å². The van der Waals surface area contributed by atoms with E-state index in [0.29, 0.717) is 24.9 Å². The van der Waals surface area contributed by atoms with Crippen molar-refractivity contribution in [3.05, 3.63) is 60.2 Å². The van der Waals surface area contributed by atoms with Gasteiger partial charge in [0.1, 0.15) is 5.69 Å². The predicted molar refractivity (Wildman–Crippen MR) is 141 cm³/mol. The van der Waals surface area contributed by atoms with Crippen LogP contribution in [0.15, 0.2) is 48.9 Å². The minimum atomic E-state index is -0.174. The molecule has 9 nitrogen and oxygen atoms in total. The van der Waals surface area contributed by atoms with Gasteiger partial charge in [-0.1, -0.05) is 12.1 Å². The maximum atomic E-state index is 13.3. The predicted octanol–water partition coefficient (Wildman–Crippen LogP) is 2.57. The van der Waals surface area contributed by atoms with Crippen molar-refractivity contribution in [3.63, 3.8) is 0 Å². The summed E-state index contributed by atoms with van der Waals surface area (Å²) in [5.41, 5.74) is 10.8. The number of piperidine rings is 1. The molecule has 2 aromatic heterocycles. The number of nitrogens with one attached hydrogen (secondary N) is 1. The van der Waals surface area contributed by atoms with Gasteiger partial charge in [0, 0.05) is 67.5 Å². The van der Waals surface area contributed by atoms with Crippen LogP contribution in [0.3, 0.4) is 0 Å². The first-order valence-corrected chi connectivity index (χ1v) is 12.6. The summed E-state index contributed by atoms with van der Waals surface area (Å²) >= 11 is 0. The van der Waals surface area contributed by atoms with E-state index in [1.807, 2.05) is 18.2 Å². The zero-order valence-corrected chi connectivity index (χ0v) is 20.7. The summed E-state index contributed by atoms with van der Waals surface area (Å²) in [6.07, 6.45) is 7.55. The Balaban J connectivity index is 1.33. The zero-order valence-electron chi connectivity index (χ0n) is 20.7. The van der Waals surface area contributed by atoms with Crippen LogP contribution in [0.5, 0.6) is 0 Å². The van der Waals surface area contributed by atoms with Crippen molar-refractivity contribution in [1.29, 1.82) is 0 Å². The summed E-state index contributed by atoms with van der Waals surface area (Å²) in [6, 6.07) is 10.7. The van der Waals surface area contributed by atoms with Gasteiger partial charge in [0.2, 0.25) is 0 Å². The van der Waals surface area contributed by atoms with Crippen molar-refractivity contribution in [1.82, 2.24) is 20.3 Å². The van der Waals surface area contributed by atoms with Crippen LogP contribution in [-0.2, 0) is 11.2 Å². The van der Waals surface area contributed by atoms with E-state index in [1.54, 1.807) is 18.6 Å². The number of rotatable bonds is 7. The van der Waals surface area contributed by atoms with Crippen LogP contribution in [0, 0.1) is 0 Å². The minimum Gasteiger partial charge on any atom is -0.382 e. The first-order valence-electron chi connectivity index (χ1n) is 12.6. The van der Waals surface area contributed by atoms with Gasteiger partial charge in [-0.2, -0.15) is 0 Å². The third-order valence-electron chi connectivity index (χ3n) is 7.07. The quantitative estimate of drug-likeness (QED) is 0.486. The van der Waals surface area contributed by atoms with Crippen molar-refractivity contribution in [2.24, 2.45) is 0 Å². The molecule has 0 radical (unpaired) electrons. The number of hydrogen-bond acceptors (Lipinski definition) is 9. The summed E-state index contributed by atoms with van der Waals surface area (Å²) in [7, 11) is 2.15. The second-order valence-corrected chi connectivity index (χ2v) is 9.33. The number of ether oxygens (including phenoxy) is 1. The van der Waals surface area contributed by atoms with Gasteiger partial charge in [-0.05, 0) is 44.1 Å².